The van der Waals surface area contributed by atoms with Crippen LogP contribution in [0.3, 0.4) is 0 Å². The summed E-state index contributed by atoms with van der Waals surface area (Å²) in [4.78, 5) is 28.8. The van der Waals surface area contributed by atoms with E-state index in [-0.39, 0.29) is 5.91 Å². The fraction of sp³-hybridized carbons (Fsp3) is 0.364. The lowest BCUT2D eigenvalue weighted by Gasteiger charge is -2.21. The number of anilines is 3. The average molecular weight is 383 g/mol. The summed E-state index contributed by atoms with van der Waals surface area (Å²) in [5.74, 6) is -0.887. The lowest BCUT2D eigenvalue weighted by atomic mass is 10.2. The first kappa shape index (κ1) is 21.3. The van der Waals surface area contributed by atoms with Crippen molar-refractivity contribution in [1.29, 1.82) is 0 Å². The summed E-state index contributed by atoms with van der Waals surface area (Å²) in [6.07, 6.45) is -0.900. The maximum absolute atomic E-state index is 12.3. The molecule has 1 atom stereocenters. The van der Waals surface area contributed by atoms with Gasteiger partial charge in [-0.05, 0) is 69.3 Å². The maximum atomic E-state index is 12.3. The molecule has 0 radical (unpaired) electrons. The Kier molecular flexibility index (Phi) is 7.44. The van der Waals surface area contributed by atoms with Crippen LogP contribution in [0.4, 0.5) is 17.1 Å². The van der Waals surface area contributed by atoms with Crippen LogP contribution in [0.25, 0.3) is 0 Å². The van der Waals surface area contributed by atoms with Crippen LogP contribution in [-0.2, 0) is 9.53 Å². The molecular weight excluding hydrogens is 354 g/mol. The van der Waals surface area contributed by atoms with E-state index < -0.39 is 12.1 Å². The summed E-state index contributed by atoms with van der Waals surface area (Å²) < 4.78 is 5.31. The lowest BCUT2D eigenvalue weighted by molar-refractivity contribution is -0.123. The summed E-state index contributed by atoms with van der Waals surface area (Å²) >= 11 is 0. The standard InChI is InChI=1S/C22H29N3O3/c1-6-25(7-2)20-12-8-17(9-13-20)22(27)28-16(3)21(26)23-18-10-14-19(15-11-18)24(4)5/h8-16H,6-7H2,1-5H3,(H,23,26). The maximum Gasteiger partial charge on any atom is 0.338 e. The van der Waals surface area contributed by atoms with Crippen molar-refractivity contribution in [3.05, 3.63) is 54.1 Å². The fourth-order valence-electron chi connectivity index (χ4n) is 2.77. The van der Waals surface area contributed by atoms with Crippen molar-refractivity contribution in [3.8, 4) is 0 Å². The van der Waals surface area contributed by atoms with Crippen LogP contribution in [0.2, 0.25) is 0 Å². The van der Waals surface area contributed by atoms with Gasteiger partial charge in [0.2, 0.25) is 0 Å². The van der Waals surface area contributed by atoms with E-state index in [1.807, 2.05) is 55.4 Å². The molecule has 2 rings (SSSR count). The van der Waals surface area contributed by atoms with Crippen LogP contribution in [0.15, 0.2) is 48.5 Å². The molecule has 0 fully saturated rings. The molecule has 0 aliphatic heterocycles. The van der Waals surface area contributed by atoms with Gasteiger partial charge in [0.1, 0.15) is 0 Å². The van der Waals surface area contributed by atoms with E-state index in [2.05, 4.69) is 24.1 Å². The Bertz CT molecular complexity index is 782. The molecule has 0 saturated carbocycles. The molecule has 0 aliphatic carbocycles. The molecule has 1 unspecified atom stereocenters. The monoisotopic (exact) mass is 383 g/mol. The quantitative estimate of drug-likeness (QED) is 0.703. The summed E-state index contributed by atoms with van der Waals surface area (Å²) in [5, 5.41) is 2.76. The van der Waals surface area contributed by atoms with E-state index in [9.17, 15) is 9.59 Å². The second kappa shape index (κ2) is 9.78. The van der Waals surface area contributed by atoms with Gasteiger partial charge in [-0.15, -0.1) is 0 Å². The molecule has 0 bridgehead atoms. The Morgan fingerprint density at radius 1 is 0.929 bits per heavy atom. The molecule has 6 nitrogen and oxygen atoms in total. The number of amides is 1. The molecule has 2 aromatic rings. The summed E-state index contributed by atoms with van der Waals surface area (Å²) in [6, 6.07) is 14.7. The number of carbonyl (C=O) groups excluding carboxylic acids is 2. The topological polar surface area (TPSA) is 61.9 Å². The number of carbonyl (C=O) groups is 2. The fourth-order valence-corrected chi connectivity index (χ4v) is 2.77. The number of benzene rings is 2. The summed E-state index contributed by atoms with van der Waals surface area (Å²) in [7, 11) is 3.90. The van der Waals surface area contributed by atoms with Crippen molar-refractivity contribution < 1.29 is 14.3 Å². The van der Waals surface area contributed by atoms with Crippen LogP contribution in [-0.4, -0.2) is 45.2 Å². The van der Waals surface area contributed by atoms with Gasteiger partial charge in [-0.25, -0.2) is 4.79 Å². The first-order valence-electron chi connectivity index (χ1n) is 9.50. The predicted octanol–water partition coefficient (Wildman–Crippen LogP) is 3.78. The lowest BCUT2D eigenvalue weighted by Crippen LogP contribution is -2.30. The minimum atomic E-state index is -0.900. The van der Waals surface area contributed by atoms with Crippen molar-refractivity contribution in [1.82, 2.24) is 0 Å². The molecule has 0 saturated heterocycles. The zero-order valence-electron chi connectivity index (χ0n) is 17.2. The van der Waals surface area contributed by atoms with Crippen molar-refractivity contribution >= 4 is 28.9 Å². The van der Waals surface area contributed by atoms with Crippen LogP contribution < -0.4 is 15.1 Å². The number of hydrogen-bond acceptors (Lipinski definition) is 5. The minimum absolute atomic E-state index is 0.370. The third-order valence-electron chi connectivity index (χ3n) is 4.54. The number of nitrogens with zero attached hydrogens (tertiary/aromatic N) is 2. The Morgan fingerprint density at radius 3 is 1.96 bits per heavy atom. The number of esters is 1. The van der Waals surface area contributed by atoms with E-state index >= 15 is 0 Å². The van der Waals surface area contributed by atoms with E-state index in [4.69, 9.17) is 4.74 Å². The largest absolute Gasteiger partial charge is 0.449 e. The van der Waals surface area contributed by atoms with E-state index in [0.29, 0.717) is 11.3 Å². The average Bonchev–Trinajstić information content (AvgIpc) is 2.69. The van der Waals surface area contributed by atoms with Crippen molar-refractivity contribution in [2.24, 2.45) is 0 Å². The molecule has 28 heavy (non-hydrogen) atoms. The smallest absolute Gasteiger partial charge is 0.338 e. The van der Waals surface area contributed by atoms with Crippen LogP contribution in [0.1, 0.15) is 31.1 Å². The van der Waals surface area contributed by atoms with Gasteiger partial charge in [-0.1, -0.05) is 0 Å². The molecule has 150 valence electrons. The zero-order valence-corrected chi connectivity index (χ0v) is 17.2. The highest BCUT2D eigenvalue weighted by molar-refractivity contribution is 5.97. The van der Waals surface area contributed by atoms with Gasteiger partial charge in [-0.3, -0.25) is 4.79 Å². The first-order valence-corrected chi connectivity index (χ1v) is 9.50. The predicted molar refractivity (Wildman–Crippen MR) is 114 cm³/mol. The Hall–Kier alpha value is -3.02. The normalized spacial score (nSPS) is 11.5. The number of rotatable bonds is 8. The number of nitrogens with one attached hydrogen (secondary N) is 1. The van der Waals surface area contributed by atoms with Gasteiger partial charge in [0, 0.05) is 44.2 Å². The van der Waals surface area contributed by atoms with Crippen LogP contribution in [0, 0.1) is 0 Å². The van der Waals surface area contributed by atoms with Crippen LogP contribution >= 0.6 is 0 Å². The van der Waals surface area contributed by atoms with Gasteiger partial charge >= 0.3 is 5.97 Å². The molecule has 0 aromatic heterocycles. The molecule has 1 N–H and O–H groups in total. The van der Waals surface area contributed by atoms with Gasteiger partial charge < -0.3 is 19.9 Å². The van der Waals surface area contributed by atoms with Gasteiger partial charge in [0.15, 0.2) is 6.10 Å². The number of hydrogen-bond donors (Lipinski definition) is 1. The Balaban J connectivity index is 1.94. The molecule has 0 spiro atoms. The van der Waals surface area contributed by atoms with Crippen molar-refractivity contribution in [2.75, 3.05) is 42.3 Å². The summed E-state index contributed by atoms with van der Waals surface area (Å²) in [6.45, 7) is 7.52. The minimum Gasteiger partial charge on any atom is -0.449 e. The molecular formula is C22H29N3O3. The second-order valence-electron chi connectivity index (χ2n) is 6.70. The highest BCUT2D eigenvalue weighted by atomic mass is 16.5. The van der Waals surface area contributed by atoms with E-state index in [1.54, 1.807) is 19.1 Å². The van der Waals surface area contributed by atoms with Gasteiger partial charge in [0.05, 0.1) is 5.56 Å². The van der Waals surface area contributed by atoms with Crippen molar-refractivity contribution in [3.63, 3.8) is 0 Å². The van der Waals surface area contributed by atoms with E-state index in [0.717, 1.165) is 24.5 Å². The third-order valence-corrected chi connectivity index (χ3v) is 4.54. The van der Waals surface area contributed by atoms with Gasteiger partial charge in [0.25, 0.3) is 5.91 Å². The molecule has 0 aliphatic rings. The Labute approximate surface area is 167 Å². The molecule has 6 heteroatoms. The number of ether oxygens (including phenoxy) is 1. The molecule has 2 aromatic carbocycles. The third kappa shape index (κ3) is 5.49. The highest BCUT2D eigenvalue weighted by Crippen LogP contribution is 2.17. The first-order chi connectivity index (χ1) is 13.3. The van der Waals surface area contributed by atoms with Gasteiger partial charge in [-0.2, -0.15) is 0 Å². The van der Waals surface area contributed by atoms with Crippen LogP contribution in [0.5, 0.6) is 0 Å². The zero-order chi connectivity index (χ0) is 20.7. The Morgan fingerprint density at radius 2 is 1.46 bits per heavy atom. The highest BCUT2D eigenvalue weighted by Gasteiger charge is 2.19. The summed E-state index contributed by atoms with van der Waals surface area (Å²) in [5.41, 5.74) is 3.16. The second-order valence-corrected chi connectivity index (χ2v) is 6.70. The van der Waals surface area contributed by atoms with E-state index in [1.165, 1.54) is 0 Å². The molecule has 1 amide bonds. The van der Waals surface area contributed by atoms with Crippen molar-refractivity contribution in [2.45, 2.75) is 26.9 Å². The SMILES string of the molecule is CCN(CC)c1ccc(C(=O)OC(C)C(=O)Nc2ccc(N(C)C)cc2)cc1. The molecule has 0 heterocycles.